The Hall–Kier alpha value is -3.01. The van der Waals surface area contributed by atoms with Gasteiger partial charge in [0.2, 0.25) is 11.8 Å². The van der Waals surface area contributed by atoms with E-state index in [1.807, 2.05) is 0 Å². The number of halogens is 1. The average molecular weight is 476 g/mol. The van der Waals surface area contributed by atoms with Crippen LogP contribution in [0.5, 0.6) is 0 Å². The zero-order valence-corrected chi connectivity index (χ0v) is 19.1. The molecule has 1 atom stereocenters. The van der Waals surface area contributed by atoms with E-state index in [2.05, 4.69) is 10.3 Å². The van der Waals surface area contributed by atoms with Gasteiger partial charge in [0.05, 0.1) is 19.6 Å². The number of alkyl carbamates (subject to hydrolysis) is 1. The number of morpholine rings is 1. The molecule has 2 aromatic rings. The van der Waals surface area contributed by atoms with E-state index in [1.54, 1.807) is 4.90 Å². The number of benzene rings is 1. The summed E-state index contributed by atoms with van der Waals surface area (Å²) in [6.45, 7) is 1.45. The molecule has 0 radical (unpaired) electrons. The van der Waals surface area contributed by atoms with Crippen molar-refractivity contribution in [2.75, 3.05) is 32.9 Å². The van der Waals surface area contributed by atoms with Crippen molar-refractivity contribution in [3.05, 3.63) is 29.9 Å². The molecule has 34 heavy (non-hydrogen) atoms. The predicted octanol–water partition coefficient (Wildman–Crippen LogP) is 3.00. The van der Waals surface area contributed by atoms with E-state index < -0.39 is 30.3 Å². The summed E-state index contributed by atoms with van der Waals surface area (Å²) in [5, 5.41) is 2.68. The summed E-state index contributed by atoms with van der Waals surface area (Å²) in [6.07, 6.45) is 5.09. The third-order valence-corrected chi connectivity index (χ3v) is 6.31. The lowest BCUT2D eigenvalue weighted by Crippen LogP contribution is -2.52. The number of hydrogen-bond acceptors (Lipinski definition) is 7. The van der Waals surface area contributed by atoms with Crippen LogP contribution in [0.25, 0.3) is 11.1 Å². The van der Waals surface area contributed by atoms with Crippen molar-refractivity contribution in [3.8, 4) is 0 Å². The lowest BCUT2D eigenvalue weighted by atomic mass is 9.84. The van der Waals surface area contributed by atoms with Crippen LogP contribution in [0, 0.1) is 11.7 Å². The number of aromatic nitrogens is 1. The number of nitrogens with one attached hydrogen (secondary N) is 1. The van der Waals surface area contributed by atoms with E-state index in [0.29, 0.717) is 44.2 Å². The number of carbonyl (C=O) groups is 3. The Bertz CT molecular complexity index is 1010. The Balaban J connectivity index is 1.30. The van der Waals surface area contributed by atoms with Crippen molar-refractivity contribution < 1.29 is 32.7 Å². The van der Waals surface area contributed by atoms with Gasteiger partial charge in [-0.25, -0.2) is 14.2 Å². The predicted molar refractivity (Wildman–Crippen MR) is 120 cm³/mol. The highest BCUT2D eigenvalue weighted by Crippen LogP contribution is 2.28. The molecule has 1 aliphatic heterocycles. The average Bonchev–Trinajstić information content (AvgIpc) is 3.24. The van der Waals surface area contributed by atoms with Crippen LogP contribution in [0.3, 0.4) is 0 Å². The first-order chi connectivity index (χ1) is 16.5. The number of hydrogen-bond donors (Lipinski definition) is 1. The Labute approximate surface area is 197 Å². The van der Waals surface area contributed by atoms with Gasteiger partial charge in [-0.1, -0.05) is 32.1 Å². The summed E-state index contributed by atoms with van der Waals surface area (Å²) in [4.78, 5) is 43.7. The van der Waals surface area contributed by atoms with Crippen LogP contribution in [0.15, 0.2) is 22.6 Å². The zero-order chi connectivity index (χ0) is 23.9. The van der Waals surface area contributed by atoms with Gasteiger partial charge < -0.3 is 24.1 Å². The van der Waals surface area contributed by atoms with E-state index in [-0.39, 0.29) is 23.8 Å². The van der Waals surface area contributed by atoms with Crippen LogP contribution in [-0.4, -0.2) is 66.6 Å². The fourth-order valence-electron chi connectivity index (χ4n) is 4.55. The molecular formula is C24H30FN3O6. The molecule has 9 nitrogen and oxygen atoms in total. The molecule has 1 saturated carbocycles. The van der Waals surface area contributed by atoms with Crippen molar-refractivity contribution in [2.45, 2.75) is 51.0 Å². The number of rotatable bonds is 8. The minimum Gasteiger partial charge on any atom is -0.442 e. The second kappa shape index (κ2) is 11.4. The molecular weight excluding hydrogens is 445 g/mol. The molecule has 1 aromatic carbocycles. The van der Waals surface area contributed by atoms with Gasteiger partial charge in [0.1, 0.15) is 17.4 Å². The summed E-state index contributed by atoms with van der Waals surface area (Å²) >= 11 is 0. The standard InChI is InChI=1S/C24H30FN3O6/c25-17-6-7-19-21(13-17)34-22(26-19)14-18(29)15-33-24(31)27-20(12-16-4-2-1-3-5-16)23(30)28-8-10-32-11-9-28/h6-7,13,16,20H,1-5,8-12,14-15H2,(H,27,31)/t20-/m0/s1. The zero-order valence-electron chi connectivity index (χ0n) is 19.1. The van der Waals surface area contributed by atoms with Crippen molar-refractivity contribution in [1.29, 1.82) is 0 Å². The molecule has 1 N–H and O–H groups in total. The molecule has 10 heteroatoms. The van der Waals surface area contributed by atoms with Crippen LogP contribution in [0.2, 0.25) is 0 Å². The highest BCUT2D eigenvalue weighted by atomic mass is 19.1. The Morgan fingerprint density at radius 2 is 1.94 bits per heavy atom. The molecule has 184 valence electrons. The highest BCUT2D eigenvalue weighted by molar-refractivity contribution is 5.87. The Morgan fingerprint density at radius 1 is 1.18 bits per heavy atom. The monoisotopic (exact) mass is 475 g/mol. The minimum absolute atomic E-state index is 0.118. The van der Waals surface area contributed by atoms with Gasteiger partial charge in [-0.05, 0) is 24.5 Å². The number of ketones is 1. The van der Waals surface area contributed by atoms with Crippen LogP contribution in [0.1, 0.15) is 44.4 Å². The largest absolute Gasteiger partial charge is 0.442 e. The molecule has 4 rings (SSSR count). The quantitative estimate of drug-likeness (QED) is 0.625. The normalized spacial score (nSPS) is 18.0. The molecule has 2 aliphatic rings. The van der Waals surface area contributed by atoms with Crippen molar-refractivity contribution in [2.24, 2.45) is 5.92 Å². The second-order valence-electron chi connectivity index (χ2n) is 8.89. The van der Waals surface area contributed by atoms with Gasteiger partial charge in [-0.3, -0.25) is 9.59 Å². The summed E-state index contributed by atoms with van der Waals surface area (Å²) in [5.41, 5.74) is 0.684. The summed E-state index contributed by atoms with van der Waals surface area (Å²) in [7, 11) is 0. The van der Waals surface area contributed by atoms with Crippen molar-refractivity contribution in [1.82, 2.24) is 15.2 Å². The van der Waals surface area contributed by atoms with E-state index in [9.17, 15) is 18.8 Å². The Kier molecular flexibility index (Phi) is 8.10. The van der Waals surface area contributed by atoms with Crippen LogP contribution >= 0.6 is 0 Å². The van der Waals surface area contributed by atoms with Gasteiger partial charge in [-0.15, -0.1) is 0 Å². The van der Waals surface area contributed by atoms with E-state index in [1.165, 1.54) is 24.6 Å². The summed E-state index contributed by atoms with van der Waals surface area (Å²) in [6, 6.07) is 3.21. The molecule has 2 amide bonds. The van der Waals surface area contributed by atoms with Gasteiger partial charge >= 0.3 is 6.09 Å². The SMILES string of the molecule is O=C(COC(=O)N[C@@H](CC1CCCCC1)C(=O)N1CCOCC1)Cc1nc2ccc(F)cc2o1. The minimum atomic E-state index is -0.810. The maximum atomic E-state index is 13.3. The van der Waals surface area contributed by atoms with Crippen LogP contribution < -0.4 is 5.32 Å². The van der Waals surface area contributed by atoms with Crippen LogP contribution in [0.4, 0.5) is 9.18 Å². The van der Waals surface area contributed by atoms with Crippen molar-refractivity contribution in [3.63, 3.8) is 0 Å². The first kappa shape index (κ1) is 24.1. The van der Waals surface area contributed by atoms with Gasteiger partial charge in [0.15, 0.2) is 18.0 Å². The third kappa shape index (κ3) is 6.53. The molecule has 0 bridgehead atoms. The highest BCUT2D eigenvalue weighted by Gasteiger charge is 2.30. The van der Waals surface area contributed by atoms with Gasteiger partial charge in [0, 0.05) is 19.2 Å². The molecule has 1 saturated heterocycles. The number of nitrogens with zero attached hydrogens (tertiary/aromatic N) is 2. The van der Waals surface area contributed by atoms with Crippen molar-refractivity contribution >= 4 is 28.9 Å². The number of ether oxygens (including phenoxy) is 2. The van der Waals surface area contributed by atoms with E-state index in [4.69, 9.17) is 13.9 Å². The number of fused-ring (bicyclic) bond motifs is 1. The molecule has 0 spiro atoms. The molecule has 2 heterocycles. The number of amides is 2. The molecule has 0 unspecified atom stereocenters. The first-order valence-corrected chi connectivity index (χ1v) is 11.8. The second-order valence-corrected chi connectivity index (χ2v) is 8.89. The van der Waals surface area contributed by atoms with Gasteiger partial charge in [0.25, 0.3) is 0 Å². The molecule has 1 aliphatic carbocycles. The molecule has 2 fully saturated rings. The van der Waals surface area contributed by atoms with Crippen LogP contribution in [-0.2, 0) is 25.5 Å². The topological polar surface area (TPSA) is 111 Å². The number of carbonyl (C=O) groups excluding carboxylic acids is 3. The van der Waals surface area contributed by atoms with Gasteiger partial charge in [-0.2, -0.15) is 0 Å². The first-order valence-electron chi connectivity index (χ1n) is 11.8. The lowest BCUT2D eigenvalue weighted by molar-refractivity contribution is -0.138. The third-order valence-electron chi connectivity index (χ3n) is 6.31. The van der Waals surface area contributed by atoms with E-state index >= 15 is 0 Å². The smallest absolute Gasteiger partial charge is 0.408 e. The number of Topliss-reactive ketones (excluding diaryl/α,β-unsaturated/α-hetero) is 1. The lowest BCUT2D eigenvalue weighted by Gasteiger charge is -2.32. The fraction of sp³-hybridized carbons (Fsp3) is 0.583. The maximum absolute atomic E-state index is 13.3. The summed E-state index contributed by atoms with van der Waals surface area (Å²) in [5.74, 6) is -0.542. The molecule has 1 aromatic heterocycles. The Morgan fingerprint density at radius 3 is 2.71 bits per heavy atom. The fourth-order valence-corrected chi connectivity index (χ4v) is 4.55. The maximum Gasteiger partial charge on any atom is 0.408 e. The van der Waals surface area contributed by atoms with E-state index in [0.717, 1.165) is 25.7 Å². The number of oxazole rings is 1. The summed E-state index contributed by atoms with van der Waals surface area (Å²) < 4.78 is 29.1.